The van der Waals surface area contributed by atoms with Gasteiger partial charge in [-0.05, 0) is 49.1 Å². The van der Waals surface area contributed by atoms with Gasteiger partial charge in [-0.1, -0.05) is 6.42 Å². The lowest BCUT2D eigenvalue weighted by molar-refractivity contribution is -0.149. The second kappa shape index (κ2) is 8.45. The summed E-state index contributed by atoms with van der Waals surface area (Å²) in [6.45, 7) is -0.820. The van der Waals surface area contributed by atoms with Crippen LogP contribution in [0.2, 0.25) is 0 Å². The summed E-state index contributed by atoms with van der Waals surface area (Å²) in [5.41, 5.74) is 0.0745. The van der Waals surface area contributed by atoms with E-state index in [-0.39, 0.29) is 12.2 Å². The molecule has 27 heavy (non-hydrogen) atoms. The fourth-order valence-electron chi connectivity index (χ4n) is 4.05. The SMILES string of the molecule is O=C(COC(=O)C[C@@H]1C[C@@H]2CC[C@@H]1C2)NCC(=O)Nc1ccc(F)c(F)c1. The van der Waals surface area contributed by atoms with Crippen LogP contribution in [0.25, 0.3) is 0 Å². The number of benzene rings is 1. The molecule has 2 bridgehead atoms. The molecule has 0 heterocycles. The first kappa shape index (κ1) is 19.3. The third-order valence-electron chi connectivity index (χ3n) is 5.33. The largest absolute Gasteiger partial charge is 0.456 e. The van der Waals surface area contributed by atoms with Gasteiger partial charge in [0.1, 0.15) is 0 Å². The number of fused-ring (bicyclic) bond motifs is 2. The topological polar surface area (TPSA) is 84.5 Å². The Hall–Kier alpha value is -2.51. The standard InChI is InChI=1S/C19H22F2N2O4/c20-15-4-3-14(8-16(15)21)23-17(24)9-22-18(25)10-27-19(26)7-13-6-11-1-2-12(13)5-11/h3-4,8,11-13H,1-2,5-7,9-10H2,(H,22,25)(H,23,24)/t11-,12-,13+/m1/s1. The molecule has 0 aliphatic heterocycles. The smallest absolute Gasteiger partial charge is 0.306 e. The zero-order chi connectivity index (χ0) is 19.4. The van der Waals surface area contributed by atoms with E-state index in [2.05, 4.69) is 10.6 Å². The lowest BCUT2D eigenvalue weighted by Crippen LogP contribution is -2.35. The van der Waals surface area contributed by atoms with Gasteiger partial charge in [-0.3, -0.25) is 14.4 Å². The molecule has 3 atom stereocenters. The van der Waals surface area contributed by atoms with Gasteiger partial charge >= 0.3 is 5.97 Å². The number of anilines is 1. The molecule has 1 aromatic rings. The maximum Gasteiger partial charge on any atom is 0.306 e. The fourth-order valence-corrected chi connectivity index (χ4v) is 4.05. The molecule has 2 N–H and O–H groups in total. The summed E-state index contributed by atoms with van der Waals surface area (Å²) in [5.74, 6) is -2.00. The molecule has 2 fully saturated rings. The third kappa shape index (κ3) is 5.24. The number of amides is 2. The number of hydrogen-bond donors (Lipinski definition) is 2. The lowest BCUT2D eigenvalue weighted by atomic mass is 9.86. The van der Waals surface area contributed by atoms with Crippen molar-refractivity contribution in [3.8, 4) is 0 Å². The molecule has 1 aromatic carbocycles. The molecule has 2 aliphatic carbocycles. The molecule has 8 heteroatoms. The Morgan fingerprint density at radius 2 is 1.89 bits per heavy atom. The van der Waals surface area contributed by atoms with Gasteiger partial charge in [0.05, 0.1) is 6.54 Å². The van der Waals surface area contributed by atoms with Crippen LogP contribution >= 0.6 is 0 Å². The molecule has 0 saturated heterocycles. The molecule has 2 aliphatic rings. The second-order valence-electron chi connectivity index (χ2n) is 7.25. The van der Waals surface area contributed by atoms with Crippen molar-refractivity contribution in [2.45, 2.75) is 32.1 Å². The number of rotatable bonds is 7. The quantitative estimate of drug-likeness (QED) is 0.712. The summed E-state index contributed by atoms with van der Waals surface area (Å²) < 4.78 is 30.9. The van der Waals surface area contributed by atoms with E-state index in [1.807, 2.05) is 0 Å². The number of ether oxygens (including phenoxy) is 1. The minimum atomic E-state index is -1.08. The van der Waals surface area contributed by atoms with Crippen molar-refractivity contribution in [3.05, 3.63) is 29.8 Å². The monoisotopic (exact) mass is 380 g/mol. The van der Waals surface area contributed by atoms with Gasteiger partial charge in [-0.25, -0.2) is 8.78 Å². The van der Waals surface area contributed by atoms with E-state index < -0.39 is 36.0 Å². The maximum absolute atomic E-state index is 13.1. The zero-order valence-electron chi connectivity index (χ0n) is 14.8. The van der Waals surface area contributed by atoms with Crippen LogP contribution in [0, 0.1) is 29.4 Å². The predicted octanol–water partition coefficient (Wildman–Crippen LogP) is 2.39. The third-order valence-corrected chi connectivity index (χ3v) is 5.33. The first-order chi connectivity index (χ1) is 12.9. The van der Waals surface area contributed by atoms with Crippen molar-refractivity contribution in [2.75, 3.05) is 18.5 Å². The van der Waals surface area contributed by atoms with Crippen molar-refractivity contribution < 1.29 is 27.9 Å². The van der Waals surface area contributed by atoms with E-state index in [1.54, 1.807) is 0 Å². The minimum Gasteiger partial charge on any atom is -0.456 e. The molecule has 2 saturated carbocycles. The van der Waals surface area contributed by atoms with Gasteiger partial charge in [0.2, 0.25) is 5.91 Å². The minimum absolute atomic E-state index is 0.0745. The summed E-state index contributed by atoms with van der Waals surface area (Å²) in [7, 11) is 0. The Kier molecular flexibility index (Phi) is 6.03. The predicted molar refractivity (Wildman–Crippen MR) is 92.5 cm³/mol. The molecule has 6 nitrogen and oxygen atoms in total. The van der Waals surface area contributed by atoms with E-state index in [0.29, 0.717) is 18.3 Å². The molecule has 2 amide bonds. The first-order valence-electron chi connectivity index (χ1n) is 9.08. The highest BCUT2D eigenvalue weighted by Gasteiger charge is 2.40. The van der Waals surface area contributed by atoms with E-state index >= 15 is 0 Å². The molecule has 0 radical (unpaired) electrons. The average molecular weight is 380 g/mol. The van der Waals surface area contributed by atoms with Crippen molar-refractivity contribution >= 4 is 23.5 Å². The van der Waals surface area contributed by atoms with Crippen LogP contribution in [0.15, 0.2) is 18.2 Å². The summed E-state index contributed by atoms with van der Waals surface area (Å²) in [5, 5.41) is 4.63. The van der Waals surface area contributed by atoms with Gasteiger partial charge in [-0.15, -0.1) is 0 Å². The van der Waals surface area contributed by atoms with E-state index in [4.69, 9.17) is 4.74 Å². The maximum atomic E-state index is 13.1. The molecular weight excluding hydrogens is 358 g/mol. The average Bonchev–Trinajstić information content (AvgIpc) is 3.24. The number of halogens is 2. The van der Waals surface area contributed by atoms with Gasteiger partial charge in [0, 0.05) is 18.2 Å². The summed E-state index contributed by atoms with van der Waals surface area (Å²) in [6, 6.07) is 2.93. The van der Waals surface area contributed by atoms with E-state index in [0.717, 1.165) is 24.5 Å². The Morgan fingerprint density at radius 1 is 1.07 bits per heavy atom. The van der Waals surface area contributed by atoms with Crippen LogP contribution in [-0.4, -0.2) is 30.9 Å². The lowest BCUT2D eigenvalue weighted by Gasteiger charge is -2.20. The summed E-state index contributed by atoms with van der Waals surface area (Å²) in [6.07, 6.45) is 5.04. The van der Waals surface area contributed by atoms with Crippen LogP contribution in [-0.2, 0) is 19.1 Å². The Morgan fingerprint density at radius 3 is 2.56 bits per heavy atom. The highest BCUT2D eigenvalue weighted by atomic mass is 19.2. The number of carbonyl (C=O) groups excluding carboxylic acids is 3. The number of nitrogens with one attached hydrogen (secondary N) is 2. The Balaban J connectivity index is 1.32. The van der Waals surface area contributed by atoms with Crippen LogP contribution in [0.5, 0.6) is 0 Å². The van der Waals surface area contributed by atoms with E-state index in [9.17, 15) is 23.2 Å². The first-order valence-corrected chi connectivity index (χ1v) is 9.08. The zero-order valence-corrected chi connectivity index (χ0v) is 14.8. The van der Waals surface area contributed by atoms with Gasteiger partial charge in [0.25, 0.3) is 5.91 Å². The Labute approximate surface area is 155 Å². The normalized spacial score (nSPS) is 23.1. The number of hydrogen-bond acceptors (Lipinski definition) is 4. The number of carbonyl (C=O) groups is 3. The molecule has 146 valence electrons. The molecule has 3 rings (SSSR count). The summed E-state index contributed by atoms with van der Waals surface area (Å²) in [4.78, 5) is 35.3. The summed E-state index contributed by atoms with van der Waals surface area (Å²) >= 11 is 0. The Bertz CT molecular complexity index is 740. The van der Waals surface area contributed by atoms with Crippen LogP contribution < -0.4 is 10.6 Å². The molecular formula is C19H22F2N2O4. The van der Waals surface area contributed by atoms with Gasteiger partial charge in [-0.2, -0.15) is 0 Å². The number of esters is 1. The van der Waals surface area contributed by atoms with Crippen molar-refractivity contribution in [1.82, 2.24) is 5.32 Å². The van der Waals surface area contributed by atoms with Crippen LogP contribution in [0.1, 0.15) is 32.1 Å². The van der Waals surface area contributed by atoms with E-state index in [1.165, 1.54) is 25.3 Å². The second-order valence-corrected chi connectivity index (χ2v) is 7.25. The molecule has 0 spiro atoms. The van der Waals surface area contributed by atoms with Crippen molar-refractivity contribution in [2.24, 2.45) is 17.8 Å². The highest BCUT2D eigenvalue weighted by molar-refractivity contribution is 5.94. The molecule has 0 aromatic heterocycles. The fraction of sp³-hybridized carbons (Fsp3) is 0.526. The van der Waals surface area contributed by atoms with Gasteiger partial charge < -0.3 is 15.4 Å². The van der Waals surface area contributed by atoms with Gasteiger partial charge in [0.15, 0.2) is 18.2 Å². The van der Waals surface area contributed by atoms with Crippen molar-refractivity contribution in [3.63, 3.8) is 0 Å². The van der Waals surface area contributed by atoms with Crippen LogP contribution in [0.4, 0.5) is 14.5 Å². The molecule has 0 unspecified atom stereocenters. The highest BCUT2D eigenvalue weighted by Crippen LogP contribution is 2.49. The van der Waals surface area contributed by atoms with Crippen molar-refractivity contribution in [1.29, 1.82) is 0 Å². The van der Waals surface area contributed by atoms with Crippen LogP contribution in [0.3, 0.4) is 0 Å².